The summed E-state index contributed by atoms with van der Waals surface area (Å²) < 4.78 is 16.0. The molecule has 15 heavy (non-hydrogen) atoms. The van der Waals surface area contributed by atoms with Gasteiger partial charge in [0.15, 0.2) is 0 Å². The summed E-state index contributed by atoms with van der Waals surface area (Å²) in [6.07, 6.45) is 2.15. The molecule has 0 aliphatic carbocycles. The van der Waals surface area contributed by atoms with Crippen molar-refractivity contribution in [3.05, 3.63) is 0 Å². The SMILES string of the molecule is CC(CS(C)=O)NC(=O)C1(N)CCOC1. The van der Waals surface area contributed by atoms with E-state index in [1.807, 2.05) is 6.92 Å². The number of nitrogens with two attached hydrogens (primary N) is 1. The number of rotatable bonds is 4. The second kappa shape index (κ2) is 5.05. The molecule has 0 aromatic carbocycles. The summed E-state index contributed by atoms with van der Waals surface area (Å²) in [6, 6.07) is -0.121. The van der Waals surface area contributed by atoms with Crippen molar-refractivity contribution >= 4 is 16.7 Å². The first-order valence-electron chi connectivity index (χ1n) is 4.92. The quantitative estimate of drug-likeness (QED) is 0.653. The van der Waals surface area contributed by atoms with Gasteiger partial charge in [0.05, 0.1) is 6.61 Å². The molecule has 0 saturated carbocycles. The van der Waals surface area contributed by atoms with Gasteiger partial charge in [0.1, 0.15) is 5.54 Å². The van der Waals surface area contributed by atoms with Crippen LogP contribution in [-0.4, -0.2) is 46.9 Å². The minimum Gasteiger partial charge on any atom is -0.379 e. The zero-order valence-corrected chi connectivity index (χ0v) is 9.93. The van der Waals surface area contributed by atoms with Gasteiger partial charge in [-0.25, -0.2) is 0 Å². The Kier molecular flexibility index (Phi) is 4.24. The summed E-state index contributed by atoms with van der Waals surface area (Å²) in [4.78, 5) is 11.7. The summed E-state index contributed by atoms with van der Waals surface area (Å²) >= 11 is 0. The Morgan fingerprint density at radius 2 is 2.40 bits per heavy atom. The molecule has 1 amide bonds. The fraction of sp³-hybridized carbons (Fsp3) is 0.889. The van der Waals surface area contributed by atoms with Crippen LogP contribution in [-0.2, 0) is 20.3 Å². The van der Waals surface area contributed by atoms with Crippen molar-refractivity contribution < 1.29 is 13.7 Å². The molecule has 1 saturated heterocycles. The average Bonchev–Trinajstić information content (AvgIpc) is 2.51. The largest absolute Gasteiger partial charge is 0.379 e. The lowest BCUT2D eigenvalue weighted by molar-refractivity contribution is -0.126. The van der Waals surface area contributed by atoms with Crippen molar-refractivity contribution in [3.8, 4) is 0 Å². The molecule has 3 atom stereocenters. The van der Waals surface area contributed by atoms with Crippen molar-refractivity contribution in [2.75, 3.05) is 25.2 Å². The van der Waals surface area contributed by atoms with E-state index in [4.69, 9.17) is 10.5 Å². The van der Waals surface area contributed by atoms with Gasteiger partial charge >= 0.3 is 0 Å². The van der Waals surface area contributed by atoms with E-state index in [0.29, 0.717) is 18.8 Å². The van der Waals surface area contributed by atoms with Crippen LogP contribution in [0.1, 0.15) is 13.3 Å². The number of nitrogens with one attached hydrogen (secondary N) is 1. The highest BCUT2D eigenvalue weighted by Gasteiger charge is 2.38. The Morgan fingerprint density at radius 3 is 2.87 bits per heavy atom. The third kappa shape index (κ3) is 3.55. The van der Waals surface area contributed by atoms with Gasteiger partial charge in [-0.05, 0) is 13.3 Å². The van der Waals surface area contributed by atoms with Crippen molar-refractivity contribution in [2.24, 2.45) is 5.73 Å². The summed E-state index contributed by atoms with van der Waals surface area (Å²) in [6.45, 7) is 2.61. The molecule has 0 radical (unpaired) electrons. The van der Waals surface area contributed by atoms with E-state index < -0.39 is 16.3 Å². The number of carbonyl (C=O) groups is 1. The third-order valence-corrected chi connectivity index (χ3v) is 3.34. The Hall–Kier alpha value is -0.460. The zero-order chi connectivity index (χ0) is 11.5. The van der Waals surface area contributed by atoms with Gasteiger partial charge in [-0.2, -0.15) is 0 Å². The number of hydrogen-bond acceptors (Lipinski definition) is 4. The van der Waals surface area contributed by atoms with Gasteiger partial charge < -0.3 is 15.8 Å². The molecule has 0 bridgehead atoms. The minimum atomic E-state index is -0.914. The lowest BCUT2D eigenvalue weighted by atomic mass is 9.99. The third-order valence-electron chi connectivity index (χ3n) is 2.37. The highest BCUT2D eigenvalue weighted by Crippen LogP contribution is 2.15. The molecular formula is C9H18N2O3S. The number of carbonyl (C=O) groups excluding carboxylic acids is 1. The van der Waals surface area contributed by atoms with Crippen molar-refractivity contribution in [2.45, 2.75) is 24.9 Å². The molecular weight excluding hydrogens is 216 g/mol. The molecule has 1 fully saturated rings. The van der Waals surface area contributed by atoms with Crippen LogP contribution in [0.5, 0.6) is 0 Å². The molecule has 88 valence electrons. The number of amides is 1. The molecule has 1 aliphatic rings. The van der Waals surface area contributed by atoms with Gasteiger partial charge in [-0.3, -0.25) is 9.00 Å². The smallest absolute Gasteiger partial charge is 0.242 e. The maximum Gasteiger partial charge on any atom is 0.242 e. The van der Waals surface area contributed by atoms with E-state index in [0.717, 1.165) is 0 Å². The normalized spacial score (nSPS) is 29.8. The van der Waals surface area contributed by atoms with Crippen LogP contribution < -0.4 is 11.1 Å². The molecule has 3 N–H and O–H groups in total. The van der Waals surface area contributed by atoms with E-state index in [2.05, 4.69) is 5.32 Å². The first-order chi connectivity index (χ1) is 6.94. The molecule has 1 heterocycles. The highest BCUT2D eigenvalue weighted by molar-refractivity contribution is 7.84. The van der Waals surface area contributed by atoms with Crippen LogP contribution >= 0.6 is 0 Å². The molecule has 0 spiro atoms. The van der Waals surface area contributed by atoms with E-state index in [1.165, 1.54) is 0 Å². The van der Waals surface area contributed by atoms with E-state index in [1.54, 1.807) is 6.26 Å². The van der Waals surface area contributed by atoms with Crippen molar-refractivity contribution in [3.63, 3.8) is 0 Å². The molecule has 3 unspecified atom stereocenters. The molecule has 0 aromatic rings. The molecule has 5 nitrogen and oxygen atoms in total. The Bertz CT molecular complexity index is 264. The van der Waals surface area contributed by atoms with Crippen LogP contribution in [0.25, 0.3) is 0 Å². The summed E-state index contributed by atoms with van der Waals surface area (Å²) in [5.41, 5.74) is 4.97. The average molecular weight is 234 g/mol. The first kappa shape index (κ1) is 12.6. The maximum atomic E-state index is 11.7. The Balaban J connectivity index is 2.44. The lowest BCUT2D eigenvalue weighted by Crippen LogP contribution is -2.56. The van der Waals surface area contributed by atoms with Gasteiger partial charge in [0.2, 0.25) is 5.91 Å². The lowest BCUT2D eigenvalue weighted by Gasteiger charge is -2.23. The van der Waals surface area contributed by atoms with Gasteiger partial charge in [-0.1, -0.05) is 0 Å². The van der Waals surface area contributed by atoms with E-state index in [9.17, 15) is 9.00 Å². The van der Waals surface area contributed by atoms with Crippen LogP contribution in [0.15, 0.2) is 0 Å². The van der Waals surface area contributed by atoms with E-state index >= 15 is 0 Å². The summed E-state index contributed by atoms with van der Waals surface area (Å²) in [5.74, 6) is 0.237. The second-order valence-electron chi connectivity index (χ2n) is 4.07. The topological polar surface area (TPSA) is 81.4 Å². The van der Waals surface area contributed by atoms with Gasteiger partial charge in [0, 0.05) is 35.5 Å². The van der Waals surface area contributed by atoms with Crippen LogP contribution in [0.2, 0.25) is 0 Å². The predicted octanol–water partition coefficient (Wildman–Crippen LogP) is -1.01. The second-order valence-corrected chi connectivity index (χ2v) is 5.55. The Labute approximate surface area is 92.2 Å². The number of hydrogen-bond donors (Lipinski definition) is 2. The standard InChI is InChI=1S/C9H18N2O3S/c1-7(5-15(2)13)11-8(12)9(10)3-4-14-6-9/h7H,3-6,10H2,1-2H3,(H,11,12). The zero-order valence-electron chi connectivity index (χ0n) is 9.12. The van der Waals surface area contributed by atoms with Crippen molar-refractivity contribution in [1.82, 2.24) is 5.32 Å². The minimum absolute atomic E-state index is 0.121. The molecule has 6 heteroatoms. The molecule has 0 aromatic heterocycles. The van der Waals surface area contributed by atoms with Crippen molar-refractivity contribution in [1.29, 1.82) is 0 Å². The maximum absolute atomic E-state index is 11.7. The summed E-state index contributed by atoms with van der Waals surface area (Å²) in [7, 11) is -0.914. The van der Waals surface area contributed by atoms with E-state index in [-0.39, 0.29) is 18.6 Å². The first-order valence-corrected chi connectivity index (χ1v) is 6.64. The van der Waals surface area contributed by atoms with Crippen LogP contribution in [0.4, 0.5) is 0 Å². The Morgan fingerprint density at radius 1 is 1.73 bits per heavy atom. The predicted molar refractivity (Wildman–Crippen MR) is 58.9 cm³/mol. The van der Waals surface area contributed by atoms with Gasteiger partial charge in [0.25, 0.3) is 0 Å². The van der Waals surface area contributed by atoms with Crippen LogP contribution in [0.3, 0.4) is 0 Å². The van der Waals surface area contributed by atoms with Gasteiger partial charge in [-0.15, -0.1) is 0 Å². The molecule has 1 aliphatic heterocycles. The monoisotopic (exact) mass is 234 g/mol. The highest BCUT2D eigenvalue weighted by atomic mass is 32.2. The van der Waals surface area contributed by atoms with Crippen LogP contribution in [0, 0.1) is 0 Å². The number of ether oxygens (including phenoxy) is 1. The molecule has 1 rings (SSSR count). The fourth-order valence-electron chi connectivity index (χ4n) is 1.52. The fourth-order valence-corrected chi connectivity index (χ4v) is 2.31. The summed E-state index contributed by atoms with van der Waals surface area (Å²) in [5, 5.41) is 2.76.